The molecule has 1 aromatic heterocycles. The van der Waals surface area contributed by atoms with Gasteiger partial charge in [0.25, 0.3) is 6.43 Å². The van der Waals surface area contributed by atoms with Crippen LogP contribution in [0.5, 0.6) is 0 Å². The molecule has 1 heterocycles. The standard InChI is InChI=1S/C7H5BrClF2N/c8-2-4-1-6(9)5(3-12-4)7(10)11/h1,3,7H,2H2. The summed E-state index contributed by atoms with van der Waals surface area (Å²) < 4.78 is 24.3. The molecule has 0 amide bonds. The van der Waals surface area contributed by atoms with Crippen molar-refractivity contribution in [2.45, 2.75) is 11.8 Å². The summed E-state index contributed by atoms with van der Waals surface area (Å²) in [6.07, 6.45) is -1.46. The smallest absolute Gasteiger partial charge is 0.260 e. The van der Waals surface area contributed by atoms with E-state index in [-0.39, 0.29) is 10.6 Å². The number of nitrogens with zero attached hydrogens (tertiary/aromatic N) is 1. The number of halogens is 4. The van der Waals surface area contributed by atoms with Crippen LogP contribution in [0, 0.1) is 0 Å². The van der Waals surface area contributed by atoms with Crippen molar-refractivity contribution >= 4 is 27.5 Å². The van der Waals surface area contributed by atoms with Crippen LogP contribution in [0.2, 0.25) is 5.02 Å². The van der Waals surface area contributed by atoms with E-state index in [1.807, 2.05) is 0 Å². The first-order valence-electron chi connectivity index (χ1n) is 3.13. The summed E-state index contributed by atoms with van der Waals surface area (Å²) in [5.74, 6) is 0. The molecule has 0 N–H and O–H groups in total. The average Bonchev–Trinajstić information content (AvgIpc) is 2.03. The Hall–Kier alpha value is -0.220. The first-order chi connectivity index (χ1) is 5.65. The van der Waals surface area contributed by atoms with E-state index in [0.29, 0.717) is 11.0 Å². The maximum Gasteiger partial charge on any atom is 0.266 e. The first-order valence-corrected chi connectivity index (χ1v) is 4.63. The van der Waals surface area contributed by atoms with Gasteiger partial charge in [-0.1, -0.05) is 27.5 Å². The van der Waals surface area contributed by atoms with E-state index in [0.717, 1.165) is 6.20 Å². The highest BCUT2D eigenvalue weighted by molar-refractivity contribution is 9.08. The Morgan fingerprint density at radius 2 is 2.25 bits per heavy atom. The van der Waals surface area contributed by atoms with Gasteiger partial charge in [-0.15, -0.1) is 0 Å². The molecule has 0 fully saturated rings. The summed E-state index contributed by atoms with van der Waals surface area (Å²) in [6, 6.07) is 1.43. The van der Waals surface area contributed by atoms with Gasteiger partial charge in [0.2, 0.25) is 0 Å². The molecule has 1 rings (SSSR count). The molecule has 0 radical (unpaired) electrons. The van der Waals surface area contributed by atoms with Crippen molar-refractivity contribution in [3.05, 3.63) is 28.5 Å². The molecule has 0 unspecified atom stereocenters. The Morgan fingerprint density at radius 1 is 1.58 bits per heavy atom. The van der Waals surface area contributed by atoms with Gasteiger partial charge in [-0.3, -0.25) is 4.98 Å². The van der Waals surface area contributed by atoms with Gasteiger partial charge in [0.05, 0.1) is 16.3 Å². The van der Waals surface area contributed by atoms with E-state index >= 15 is 0 Å². The maximum absolute atomic E-state index is 12.1. The average molecular weight is 256 g/mol. The van der Waals surface area contributed by atoms with Crippen LogP contribution >= 0.6 is 27.5 Å². The molecule has 12 heavy (non-hydrogen) atoms. The minimum Gasteiger partial charge on any atom is -0.260 e. The Morgan fingerprint density at radius 3 is 2.67 bits per heavy atom. The SMILES string of the molecule is FC(F)c1cnc(CBr)cc1Cl. The van der Waals surface area contributed by atoms with Crippen molar-refractivity contribution in [3.8, 4) is 0 Å². The molecule has 0 aliphatic heterocycles. The molecule has 1 aromatic rings. The number of aromatic nitrogens is 1. The van der Waals surface area contributed by atoms with Crippen LogP contribution in [-0.2, 0) is 5.33 Å². The predicted molar refractivity (Wildman–Crippen MR) is 46.8 cm³/mol. The normalized spacial score (nSPS) is 10.8. The molecule has 5 heteroatoms. The molecule has 0 atom stereocenters. The van der Waals surface area contributed by atoms with Gasteiger partial charge >= 0.3 is 0 Å². The Bertz CT molecular complexity index is 280. The van der Waals surface area contributed by atoms with Gasteiger partial charge < -0.3 is 0 Å². The molecular formula is C7H5BrClF2N. The summed E-state index contributed by atoms with van der Waals surface area (Å²) in [4.78, 5) is 3.77. The quantitative estimate of drug-likeness (QED) is 0.737. The van der Waals surface area contributed by atoms with Crippen molar-refractivity contribution < 1.29 is 8.78 Å². The Labute approximate surface area is 81.9 Å². The predicted octanol–water partition coefficient (Wildman–Crippen LogP) is 3.57. The lowest BCUT2D eigenvalue weighted by atomic mass is 10.2. The Kier molecular flexibility index (Phi) is 3.40. The number of rotatable bonds is 2. The van der Waals surface area contributed by atoms with Gasteiger partial charge in [0.1, 0.15) is 0 Å². The van der Waals surface area contributed by atoms with Crippen molar-refractivity contribution in [3.63, 3.8) is 0 Å². The van der Waals surface area contributed by atoms with Gasteiger partial charge in [0.15, 0.2) is 0 Å². The third-order valence-electron chi connectivity index (χ3n) is 1.31. The molecule has 1 nitrogen and oxygen atoms in total. The fraction of sp³-hybridized carbons (Fsp3) is 0.286. The highest BCUT2D eigenvalue weighted by atomic mass is 79.9. The van der Waals surface area contributed by atoms with Crippen LogP contribution in [-0.4, -0.2) is 4.98 Å². The summed E-state index contributed by atoms with van der Waals surface area (Å²) in [6.45, 7) is 0. The van der Waals surface area contributed by atoms with Crippen LogP contribution in [0.3, 0.4) is 0 Å². The zero-order valence-corrected chi connectivity index (χ0v) is 8.24. The minimum absolute atomic E-state index is 0.0643. The van der Waals surface area contributed by atoms with Crippen molar-refractivity contribution in [1.29, 1.82) is 0 Å². The van der Waals surface area contributed by atoms with Gasteiger partial charge in [-0.05, 0) is 6.07 Å². The van der Waals surface area contributed by atoms with Crippen molar-refractivity contribution in [2.75, 3.05) is 0 Å². The second-order valence-corrected chi connectivity index (χ2v) is 3.10. The summed E-state index contributed by atoms with van der Waals surface area (Å²) in [7, 11) is 0. The first kappa shape index (κ1) is 9.86. The zero-order valence-electron chi connectivity index (χ0n) is 5.90. The summed E-state index contributed by atoms with van der Waals surface area (Å²) in [5, 5.41) is 0.574. The maximum atomic E-state index is 12.1. The highest BCUT2D eigenvalue weighted by Crippen LogP contribution is 2.26. The third-order valence-corrected chi connectivity index (χ3v) is 2.21. The lowest BCUT2D eigenvalue weighted by molar-refractivity contribution is 0.151. The fourth-order valence-corrected chi connectivity index (χ4v) is 1.28. The topological polar surface area (TPSA) is 12.9 Å². The monoisotopic (exact) mass is 255 g/mol. The van der Waals surface area contributed by atoms with Crippen LogP contribution < -0.4 is 0 Å². The van der Waals surface area contributed by atoms with Gasteiger partial charge in [-0.25, -0.2) is 8.78 Å². The molecule has 0 saturated heterocycles. The van der Waals surface area contributed by atoms with Crippen LogP contribution in [0.4, 0.5) is 8.78 Å². The second-order valence-electron chi connectivity index (χ2n) is 2.13. The van der Waals surface area contributed by atoms with Crippen molar-refractivity contribution in [1.82, 2.24) is 4.98 Å². The highest BCUT2D eigenvalue weighted by Gasteiger charge is 2.12. The number of alkyl halides is 3. The number of pyridine rings is 1. The summed E-state index contributed by atoms with van der Waals surface area (Å²) >= 11 is 8.71. The largest absolute Gasteiger partial charge is 0.266 e. The molecule has 0 saturated carbocycles. The van der Waals surface area contributed by atoms with Gasteiger partial charge in [0, 0.05) is 11.5 Å². The number of hydrogen-bond acceptors (Lipinski definition) is 1. The zero-order chi connectivity index (χ0) is 9.14. The second kappa shape index (κ2) is 4.14. The Balaban J connectivity index is 3.03. The van der Waals surface area contributed by atoms with E-state index in [9.17, 15) is 8.78 Å². The van der Waals surface area contributed by atoms with E-state index in [1.54, 1.807) is 0 Å². The molecule has 0 bridgehead atoms. The molecule has 0 spiro atoms. The molecular weight excluding hydrogens is 251 g/mol. The molecule has 0 aliphatic rings. The minimum atomic E-state index is -2.56. The lowest BCUT2D eigenvalue weighted by Crippen LogP contribution is -1.91. The molecule has 0 aromatic carbocycles. The van der Waals surface area contributed by atoms with Crippen molar-refractivity contribution in [2.24, 2.45) is 0 Å². The van der Waals surface area contributed by atoms with E-state index in [1.165, 1.54) is 6.07 Å². The third kappa shape index (κ3) is 2.14. The molecule has 66 valence electrons. The lowest BCUT2D eigenvalue weighted by Gasteiger charge is -2.02. The van der Waals surface area contributed by atoms with E-state index < -0.39 is 6.43 Å². The fourth-order valence-electron chi connectivity index (χ4n) is 0.715. The van der Waals surface area contributed by atoms with Gasteiger partial charge in [-0.2, -0.15) is 0 Å². The number of hydrogen-bond donors (Lipinski definition) is 0. The molecule has 0 aliphatic carbocycles. The summed E-state index contributed by atoms with van der Waals surface area (Å²) in [5.41, 5.74) is 0.422. The van der Waals surface area contributed by atoms with E-state index in [2.05, 4.69) is 20.9 Å². The van der Waals surface area contributed by atoms with Crippen LogP contribution in [0.15, 0.2) is 12.3 Å². The van der Waals surface area contributed by atoms with Crippen LogP contribution in [0.25, 0.3) is 0 Å². The van der Waals surface area contributed by atoms with Crippen LogP contribution in [0.1, 0.15) is 17.7 Å². The van der Waals surface area contributed by atoms with E-state index in [4.69, 9.17) is 11.6 Å².